The van der Waals surface area contributed by atoms with Gasteiger partial charge in [0, 0.05) is 32.2 Å². The number of carbonyl (C=O) groups excluding carboxylic acids is 2. The predicted molar refractivity (Wildman–Crippen MR) is 139 cm³/mol. The van der Waals surface area contributed by atoms with Crippen LogP contribution in [0.25, 0.3) is 0 Å². The van der Waals surface area contributed by atoms with Crippen molar-refractivity contribution in [3.05, 3.63) is 102 Å². The molecular formula is C28H31N3O4S. The normalized spacial score (nSPS) is 16.8. The van der Waals surface area contributed by atoms with Gasteiger partial charge in [-0.3, -0.25) is 9.59 Å². The Bertz CT molecular complexity index is 1260. The number of carbonyl (C=O) groups is 2. The van der Waals surface area contributed by atoms with Gasteiger partial charge in [-0.15, -0.1) is 0 Å². The van der Waals surface area contributed by atoms with Gasteiger partial charge in [0.1, 0.15) is 11.7 Å². The summed E-state index contributed by atoms with van der Waals surface area (Å²) in [4.78, 5) is 26.4. The molecule has 3 aromatic rings. The van der Waals surface area contributed by atoms with Crippen LogP contribution >= 0.6 is 0 Å². The number of likely N-dealkylation sites (N-methyl/N-ethyl adjacent to an activating group) is 1. The van der Waals surface area contributed by atoms with Crippen LogP contribution in [0.3, 0.4) is 0 Å². The van der Waals surface area contributed by atoms with Crippen molar-refractivity contribution < 1.29 is 18.0 Å². The summed E-state index contributed by atoms with van der Waals surface area (Å²) in [5.74, 6) is -0.442. The van der Waals surface area contributed by atoms with Crippen molar-refractivity contribution in [2.45, 2.75) is 16.7 Å². The SMILES string of the molecule is CN(CCN1CC[C@@H](C(C(N)=O)(c2ccccc2)c2ccccc2)C1)S(=O)(=O)c1ccc(C=O)cc1. The highest BCUT2D eigenvalue weighted by molar-refractivity contribution is 7.89. The van der Waals surface area contributed by atoms with Gasteiger partial charge >= 0.3 is 0 Å². The van der Waals surface area contributed by atoms with Crippen LogP contribution in [0.2, 0.25) is 0 Å². The van der Waals surface area contributed by atoms with E-state index in [4.69, 9.17) is 5.73 Å². The van der Waals surface area contributed by atoms with Crippen molar-refractivity contribution in [3.63, 3.8) is 0 Å². The summed E-state index contributed by atoms with van der Waals surface area (Å²) >= 11 is 0. The zero-order valence-corrected chi connectivity index (χ0v) is 21.1. The third kappa shape index (κ3) is 4.84. The van der Waals surface area contributed by atoms with Crippen molar-refractivity contribution in [2.75, 3.05) is 33.2 Å². The topological polar surface area (TPSA) is 101 Å². The molecular weight excluding hydrogens is 474 g/mol. The lowest BCUT2D eigenvalue weighted by Gasteiger charge is -2.37. The summed E-state index contributed by atoms with van der Waals surface area (Å²) in [6.07, 6.45) is 1.44. The molecule has 7 nitrogen and oxygen atoms in total. The second-order valence-electron chi connectivity index (χ2n) is 9.20. The van der Waals surface area contributed by atoms with E-state index in [1.807, 2.05) is 60.7 Å². The number of benzene rings is 3. The third-order valence-corrected chi connectivity index (χ3v) is 9.06. The molecule has 1 fully saturated rings. The molecule has 0 radical (unpaired) electrons. The molecule has 1 aliphatic rings. The molecule has 0 aliphatic carbocycles. The Labute approximate surface area is 212 Å². The number of sulfonamides is 1. The van der Waals surface area contributed by atoms with Gasteiger partial charge in [0.25, 0.3) is 0 Å². The number of nitrogens with zero attached hydrogens (tertiary/aromatic N) is 2. The maximum absolute atomic E-state index is 13.2. The smallest absolute Gasteiger partial charge is 0.242 e. The number of nitrogens with two attached hydrogens (primary N) is 1. The first-order chi connectivity index (χ1) is 17.3. The number of hydrogen-bond acceptors (Lipinski definition) is 5. The second-order valence-corrected chi connectivity index (χ2v) is 11.2. The van der Waals surface area contributed by atoms with E-state index in [-0.39, 0.29) is 16.7 Å². The van der Waals surface area contributed by atoms with Gasteiger partial charge in [-0.1, -0.05) is 72.8 Å². The van der Waals surface area contributed by atoms with E-state index in [0.717, 1.165) is 24.1 Å². The Hall–Kier alpha value is -3.33. The van der Waals surface area contributed by atoms with Gasteiger partial charge in [0.15, 0.2) is 0 Å². The minimum Gasteiger partial charge on any atom is -0.369 e. The van der Waals surface area contributed by atoms with Crippen LogP contribution in [0.4, 0.5) is 0 Å². The zero-order chi connectivity index (χ0) is 25.8. The lowest BCUT2D eigenvalue weighted by atomic mass is 9.64. The van der Waals surface area contributed by atoms with Gasteiger partial charge in [0.2, 0.25) is 15.9 Å². The zero-order valence-electron chi connectivity index (χ0n) is 20.3. The summed E-state index contributed by atoms with van der Waals surface area (Å²) < 4.78 is 27.3. The van der Waals surface area contributed by atoms with E-state index >= 15 is 0 Å². The predicted octanol–water partition coefficient (Wildman–Crippen LogP) is 2.91. The number of amides is 1. The Morgan fingerprint density at radius 2 is 1.56 bits per heavy atom. The van der Waals surface area contributed by atoms with Crippen molar-refractivity contribution in [2.24, 2.45) is 11.7 Å². The first-order valence-corrected chi connectivity index (χ1v) is 13.4. The summed E-state index contributed by atoms with van der Waals surface area (Å²) in [6.45, 7) is 2.18. The van der Waals surface area contributed by atoms with Crippen molar-refractivity contribution in [1.82, 2.24) is 9.21 Å². The summed E-state index contributed by atoms with van der Waals surface area (Å²) in [5, 5.41) is 0. The van der Waals surface area contributed by atoms with Crippen LogP contribution in [0.1, 0.15) is 27.9 Å². The van der Waals surface area contributed by atoms with Crippen LogP contribution in [0.15, 0.2) is 89.8 Å². The third-order valence-electron chi connectivity index (χ3n) is 7.19. The molecule has 1 amide bonds. The molecule has 1 atom stereocenters. The lowest BCUT2D eigenvalue weighted by molar-refractivity contribution is -0.123. The van der Waals surface area contributed by atoms with E-state index in [1.165, 1.54) is 28.6 Å². The number of hydrogen-bond donors (Lipinski definition) is 1. The van der Waals surface area contributed by atoms with Gasteiger partial charge in [-0.25, -0.2) is 8.42 Å². The molecule has 3 aromatic carbocycles. The highest BCUT2D eigenvalue weighted by Gasteiger charge is 2.49. The van der Waals surface area contributed by atoms with Crippen molar-refractivity contribution in [3.8, 4) is 0 Å². The Morgan fingerprint density at radius 3 is 2.06 bits per heavy atom. The van der Waals surface area contributed by atoms with Gasteiger partial charge in [-0.2, -0.15) is 4.31 Å². The van der Waals surface area contributed by atoms with Crippen molar-refractivity contribution >= 4 is 22.2 Å². The molecule has 4 rings (SSSR count). The van der Waals surface area contributed by atoms with Crippen LogP contribution in [-0.2, 0) is 20.2 Å². The molecule has 1 saturated heterocycles. The molecule has 0 bridgehead atoms. The second kappa shape index (κ2) is 10.7. The largest absolute Gasteiger partial charge is 0.369 e. The Kier molecular flexibility index (Phi) is 7.68. The van der Waals surface area contributed by atoms with Gasteiger partial charge in [0.05, 0.1) is 4.90 Å². The highest BCUT2D eigenvalue weighted by atomic mass is 32.2. The van der Waals surface area contributed by atoms with Crippen LogP contribution in [-0.4, -0.2) is 63.0 Å². The first-order valence-electron chi connectivity index (χ1n) is 11.9. The molecule has 1 heterocycles. The molecule has 2 N–H and O–H groups in total. The van der Waals surface area contributed by atoms with E-state index in [1.54, 1.807) is 7.05 Å². The fraction of sp³-hybridized carbons (Fsp3) is 0.286. The number of primary amides is 1. The first kappa shape index (κ1) is 25.8. The minimum atomic E-state index is -3.68. The lowest BCUT2D eigenvalue weighted by Crippen LogP contribution is -2.49. The van der Waals surface area contributed by atoms with Gasteiger partial charge < -0.3 is 10.6 Å². The number of rotatable bonds is 10. The average molecular weight is 506 g/mol. The van der Waals surface area contributed by atoms with E-state index in [0.29, 0.717) is 31.5 Å². The fourth-order valence-electron chi connectivity index (χ4n) is 5.22. The number of likely N-dealkylation sites (tertiary alicyclic amines) is 1. The standard InChI is InChI=1S/C28H31N3O4S/c1-30(36(34,35)26-14-12-22(21-32)13-15-26)18-19-31-17-16-25(20-31)28(27(29)33,23-8-4-2-5-9-23)24-10-6-3-7-11-24/h2-15,21,25H,16-20H2,1H3,(H2,29,33)/t25-/m1/s1. The summed E-state index contributed by atoms with van der Waals surface area (Å²) in [6, 6.07) is 25.2. The molecule has 0 aromatic heterocycles. The Balaban J connectivity index is 1.52. The monoisotopic (exact) mass is 505 g/mol. The average Bonchev–Trinajstić information content (AvgIpc) is 3.38. The van der Waals surface area contributed by atoms with Gasteiger partial charge in [-0.05, 0) is 42.1 Å². The van der Waals surface area contributed by atoms with Crippen LogP contribution in [0.5, 0.6) is 0 Å². The van der Waals surface area contributed by atoms with Crippen LogP contribution in [0, 0.1) is 5.92 Å². The van der Waals surface area contributed by atoms with E-state index < -0.39 is 15.4 Å². The summed E-state index contributed by atoms with van der Waals surface area (Å²) in [5.41, 5.74) is 7.35. The molecule has 8 heteroatoms. The van der Waals surface area contributed by atoms with Crippen molar-refractivity contribution in [1.29, 1.82) is 0 Å². The molecule has 188 valence electrons. The Morgan fingerprint density at radius 1 is 1.00 bits per heavy atom. The fourth-order valence-corrected chi connectivity index (χ4v) is 6.38. The van der Waals surface area contributed by atoms with E-state index in [9.17, 15) is 18.0 Å². The maximum Gasteiger partial charge on any atom is 0.242 e. The minimum absolute atomic E-state index is 0.0578. The summed E-state index contributed by atoms with van der Waals surface area (Å²) in [7, 11) is -2.13. The highest BCUT2D eigenvalue weighted by Crippen LogP contribution is 2.43. The maximum atomic E-state index is 13.2. The molecule has 0 unspecified atom stereocenters. The number of aldehydes is 1. The molecule has 0 spiro atoms. The molecule has 36 heavy (non-hydrogen) atoms. The molecule has 0 saturated carbocycles. The van der Waals surface area contributed by atoms with E-state index in [2.05, 4.69) is 4.90 Å². The molecule has 1 aliphatic heterocycles. The quantitative estimate of drug-likeness (QED) is 0.427. The van der Waals surface area contributed by atoms with Crippen LogP contribution < -0.4 is 5.73 Å².